The Hall–Kier alpha value is -1.62. The zero-order valence-corrected chi connectivity index (χ0v) is 11.1. The zero-order valence-electron chi connectivity index (χ0n) is 9.48. The fraction of sp³-hybridized carbons (Fsp3) is 0.167. The molecular weight excluding hydrogens is 284 g/mol. The van der Waals surface area contributed by atoms with Gasteiger partial charge in [-0.1, -0.05) is 6.07 Å². The van der Waals surface area contributed by atoms with Crippen LogP contribution in [0.2, 0.25) is 0 Å². The Balaban J connectivity index is 2.64. The summed E-state index contributed by atoms with van der Waals surface area (Å²) in [6.07, 6.45) is 1.49. The van der Waals surface area contributed by atoms with E-state index in [0.29, 0.717) is 0 Å². The summed E-state index contributed by atoms with van der Waals surface area (Å²) < 4.78 is 11.4. The maximum absolute atomic E-state index is 5.33. The molecule has 1 aromatic carbocycles. The molecule has 0 spiro atoms. The van der Waals surface area contributed by atoms with E-state index in [1.54, 1.807) is 14.2 Å². The molecule has 0 unspecified atom stereocenters. The zero-order chi connectivity index (χ0) is 12.3. The van der Waals surface area contributed by atoms with Crippen molar-refractivity contribution in [3.05, 3.63) is 35.2 Å². The maximum Gasteiger partial charge on any atom is 0.132 e. The summed E-state index contributed by atoms with van der Waals surface area (Å²) in [5.41, 5.74) is 1.57. The molecule has 1 heterocycles. The molecule has 5 heteroatoms. The predicted molar refractivity (Wildman–Crippen MR) is 68.3 cm³/mol. The first-order valence-corrected chi connectivity index (χ1v) is 5.74. The Morgan fingerprint density at radius 3 is 2.24 bits per heavy atom. The lowest BCUT2D eigenvalue weighted by molar-refractivity contribution is 0.397. The van der Waals surface area contributed by atoms with Gasteiger partial charge in [-0.2, -0.15) is 0 Å². The molecule has 0 aliphatic rings. The Morgan fingerprint density at radius 2 is 1.71 bits per heavy atom. The second-order valence-electron chi connectivity index (χ2n) is 3.26. The molecule has 1 aromatic heterocycles. The molecule has 4 nitrogen and oxygen atoms in total. The summed E-state index contributed by atoms with van der Waals surface area (Å²) in [6.45, 7) is 0. The van der Waals surface area contributed by atoms with Crippen molar-refractivity contribution in [3.63, 3.8) is 0 Å². The van der Waals surface area contributed by atoms with Crippen molar-refractivity contribution in [2.24, 2.45) is 0 Å². The first kappa shape index (κ1) is 11.9. The van der Waals surface area contributed by atoms with Crippen LogP contribution in [-0.2, 0) is 0 Å². The monoisotopic (exact) mass is 294 g/mol. The Kier molecular flexibility index (Phi) is 3.58. The first-order valence-electron chi connectivity index (χ1n) is 4.95. The van der Waals surface area contributed by atoms with E-state index in [1.807, 2.05) is 24.3 Å². The quantitative estimate of drug-likeness (QED) is 0.817. The van der Waals surface area contributed by atoms with E-state index in [0.717, 1.165) is 27.4 Å². The molecule has 2 rings (SSSR count). The molecule has 0 amide bonds. The third-order valence-electron chi connectivity index (χ3n) is 2.32. The van der Waals surface area contributed by atoms with E-state index in [1.165, 1.54) is 6.33 Å². The van der Waals surface area contributed by atoms with Gasteiger partial charge in [-0.25, -0.2) is 9.97 Å². The van der Waals surface area contributed by atoms with Crippen molar-refractivity contribution in [1.82, 2.24) is 9.97 Å². The standard InChI is InChI=1S/C12H11BrN2O2/c1-16-9-4-3-5-10(17-2)12(9)8-6-11(13)15-7-14-8/h3-7H,1-2H3. The molecule has 2 aromatic rings. The molecule has 0 aliphatic heterocycles. The average molecular weight is 295 g/mol. The summed E-state index contributed by atoms with van der Waals surface area (Å²) in [4.78, 5) is 8.23. The second-order valence-corrected chi connectivity index (χ2v) is 4.08. The van der Waals surface area contributed by atoms with E-state index in [9.17, 15) is 0 Å². The van der Waals surface area contributed by atoms with Crippen molar-refractivity contribution in [2.75, 3.05) is 14.2 Å². The van der Waals surface area contributed by atoms with Crippen LogP contribution in [0.1, 0.15) is 0 Å². The maximum atomic E-state index is 5.33. The van der Waals surface area contributed by atoms with Crippen molar-refractivity contribution in [2.45, 2.75) is 0 Å². The van der Waals surface area contributed by atoms with Gasteiger partial charge in [0.1, 0.15) is 22.4 Å². The second kappa shape index (κ2) is 5.14. The SMILES string of the molecule is COc1cccc(OC)c1-c1cc(Br)ncn1. The van der Waals surface area contributed by atoms with Gasteiger partial charge in [-0.15, -0.1) is 0 Å². The van der Waals surface area contributed by atoms with Gasteiger partial charge in [-0.05, 0) is 34.1 Å². The third kappa shape index (κ3) is 2.39. The van der Waals surface area contributed by atoms with Crippen molar-refractivity contribution in [1.29, 1.82) is 0 Å². The number of hydrogen-bond donors (Lipinski definition) is 0. The van der Waals surface area contributed by atoms with Crippen LogP contribution in [0.5, 0.6) is 11.5 Å². The lowest BCUT2D eigenvalue weighted by Crippen LogP contribution is -1.95. The Bertz CT molecular complexity index is 509. The van der Waals surface area contributed by atoms with Crippen LogP contribution < -0.4 is 9.47 Å². The normalized spacial score (nSPS) is 10.1. The largest absolute Gasteiger partial charge is 0.496 e. The van der Waals surface area contributed by atoms with Gasteiger partial charge in [-0.3, -0.25) is 0 Å². The fourth-order valence-electron chi connectivity index (χ4n) is 1.57. The molecule has 0 bridgehead atoms. The smallest absolute Gasteiger partial charge is 0.132 e. The lowest BCUT2D eigenvalue weighted by atomic mass is 10.1. The highest BCUT2D eigenvalue weighted by Gasteiger charge is 2.13. The van der Waals surface area contributed by atoms with Gasteiger partial charge < -0.3 is 9.47 Å². The van der Waals surface area contributed by atoms with Gasteiger partial charge in [0.05, 0.1) is 25.5 Å². The molecule has 0 fully saturated rings. The van der Waals surface area contributed by atoms with Crippen LogP contribution in [0.3, 0.4) is 0 Å². The van der Waals surface area contributed by atoms with E-state index in [2.05, 4.69) is 25.9 Å². The third-order valence-corrected chi connectivity index (χ3v) is 2.75. The van der Waals surface area contributed by atoms with Crippen molar-refractivity contribution < 1.29 is 9.47 Å². The van der Waals surface area contributed by atoms with Crippen LogP contribution in [0.25, 0.3) is 11.3 Å². The molecular formula is C12H11BrN2O2. The number of benzene rings is 1. The van der Waals surface area contributed by atoms with E-state index in [4.69, 9.17) is 9.47 Å². The number of halogens is 1. The summed E-state index contributed by atoms with van der Waals surface area (Å²) >= 11 is 3.32. The van der Waals surface area contributed by atoms with Crippen molar-refractivity contribution in [3.8, 4) is 22.8 Å². The molecule has 0 radical (unpaired) electrons. The van der Waals surface area contributed by atoms with Gasteiger partial charge in [0.25, 0.3) is 0 Å². The van der Waals surface area contributed by atoms with Gasteiger partial charge in [0.2, 0.25) is 0 Å². The number of nitrogens with zero attached hydrogens (tertiary/aromatic N) is 2. The number of rotatable bonds is 3. The molecule has 0 aliphatic carbocycles. The number of ether oxygens (including phenoxy) is 2. The molecule has 0 saturated heterocycles. The minimum atomic E-state index is 0.718. The minimum absolute atomic E-state index is 0.718. The highest BCUT2D eigenvalue weighted by Crippen LogP contribution is 2.37. The molecule has 0 N–H and O–H groups in total. The Labute approximate surface area is 108 Å². The van der Waals surface area contributed by atoms with E-state index < -0.39 is 0 Å². The van der Waals surface area contributed by atoms with E-state index in [-0.39, 0.29) is 0 Å². The summed E-state index contributed by atoms with van der Waals surface area (Å²) in [5.74, 6) is 1.44. The van der Waals surface area contributed by atoms with Gasteiger partial charge in [0, 0.05) is 0 Å². The predicted octanol–water partition coefficient (Wildman–Crippen LogP) is 2.92. The molecule has 88 valence electrons. The average Bonchev–Trinajstić information content (AvgIpc) is 2.37. The van der Waals surface area contributed by atoms with Crippen LogP contribution in [0.15, 0.2) is 35.2 Å². The van der Waals surface area contributed by atoms with Crippen molar-refractivity contribution >= 4 is 15.9 Å². The Morgan fingerprint density at radius 1 is 1.06 bits per heavy atom. The first-order chi connectivity index (χ1) is 8.26. The highest BCUT2D eigenvalue weighted by atomic mass is 79.9. The molecule has 0 atom stereocenters. The summed E-state index contributed by atoms with van der Waals surface area (Å²) in [7, 11) is 3.24. The number of methoxy groups -OCH3 is 2. The number of hydrogen-bond acceptors (Lipinski definition) is 4. The van der Waals surface area contributed by atoms with Crippen LogP contribution in [0, 0.1) is 0 Å². The minimum Gasteiger partial charge on any atom is -0.496 e. The van der Waals surface area contributed by atoms with Gasteiger partial charge >= 0.3 is 0 Å². The summed E-state index contributed by atoms with van der Waals surface area (Å²) in [5, 5.41) is 0. The van der Waals surface area contributed by atoms with Crippen LogP contribution in [0.4, 0.5) is 0 Å². The van der Waals surface area contributed by atoms with Crippen LogP contribution in [-0.4, -0.2) is 24.2 Å². The number of aromatic nitrogens is 2. The highest BCUT2D eigenvalue weighted by molar-refractivity contribution is 9.10. The lowest BCUT2D eigenvalue weighted by Gasteiger charge is -2.12. The van der Waals surface area contributed by atoms with E-state index >= 15 is 0 Å². The fourth-order valence-corrected chi connectivity index (χ4v) is 1.88. The topological polar surface area (TPSA) is 44.2 Å². The van der Waals surface area contributed by atoms with Gasteiger partial charge in [0.15, 0.2) is 0 Å². The molecule has 0 saturated carbocycles. The molecule has 17 heavy (non-hydrogen) atoms. The van der Waals surface area contributed by atoms with Crippen LogP contribution >= 0.6 is 15.9 Å². The summed E-state index contributed by atoms with van der Waals surface area (Å²) in [6, 6.07) is 7.43.